The summed E-state index contributed by atoms with van der Waals surface area (Å²) in [5, 5.41) is 0. The molecule has 0 aliphatic heterocycles. The second-order valence-electron chi connectivity index (χ2n) is 3.52. The smallest absolute Gasteiger partial charge is 0.122 e. The van der Waals surface area contributed by atoms with Gasteiger partial charge in [-0.3, -0.25) is 0 Å². The van der Waals surface area contributed by atoms with Crippen LogP contribution >= 0.6 is 0 Å². The third-order valence-electron chi connectivity index (χ3n) is 2.48. The van der Waals surface area contributed by atoms with Crippen molar-refractivity contribution < 1.29 is 4.39 Å². The summed E-state index contributed by atoms with van der Waals surface area (Å²) in [4.78, 5) is 0. The highest BCUT2D eigenvalue weighted by molar-refractivity contribution is 4.77. The van der Waals surface area contributed by atoms with E-state index in [1.165, 1.54) is 12.8 Å². The molecule has 2 N–H and O–H groups in total. The summed E-state index contributed by atoms with van der Waals surface area (Å²) in [5.41, 5.74) is 4.27. The number of halogens is 1. The van der Waals surface area contributed by atoms with E-state index in [9.17, 15) is 4.39 Å². The predicted octanol–water partition coefficient (Wildman–Crippen LogP) is 3.03. The molecule has 0 aromatic rings. The van der Waals surface area contributed by atoms with Crippen molar-refractivity contribution in [2.75, 3.05) is 6.54 Å². The molecule has 2 heteroatoms. The Morgan fingerprint density at radius 1 is 1.17 bits per heavy atom. The largest absolute Gasteiger partial charge is 0.328 e. The van der Waals surface area contributed by atoms with Crippen molar-refractivity contribution in [1.29, 1.82) is 0 Å². The highest BCUT2D eigenvalue weighted by Gasteiger charge is 2.24. The zero-order valence-corrected chi connectivity index (χ0v) is 8.41. The topological polar surface area (TPSA) is 26.0 Å². The number of hydrogen-bond donors (Lipinski definition) is 1. The van der Waals surface area contributed by atoms with Crippen LogP contribution in [0.2, 0.25) is 0 Å². The quantitative estimate of drug-likeness (QED) is 0.591. The van der Waals surface area contributed by atoms with Crippen molar-refractivity contribution in [2.45, 2.75) is 58.0 Å². The lowest BCUT2D eigenvalue weighted by Gasteiger charge is -2.21. The second kappa shape index (κ2) is 6.41. The second-order valence-corrected chi connectivity index (χ2v) is 3.52. The molecule has 0 aliphatic carbocycles. The number of hydrogen-bond acceptors (Lipinski definition) is 1. The van der Waals surface area contributed by atoms with Crippen molar-refractivity contribution in [3.05, 3.63) is 0 Å². The summed E-state index contributed by atoms with van der Waals surface area (Å²) in [6.45, 7) is 4.20. The molecule has 74 valence electrons. The third kappa shape index (κ3) is 4.70. The Balaban J connectivity index is 3.45. The minimum atomic E-state index is -1.09. The van der Waals surface area contributed by atoms with Crippen LogP contribution in [0.25, 0.3) is 0 Å². The highest BCUT2D eigenvalue weighted by Crippen LogP contribution is 2.22. The molecule has 0 spiro atoms. The summed E-state index contributed by atoms with van der Waals surface area (Å²) in [6, 6.07) is 0. The van der Waals surface area contributed by atoms with Gasteiger partial charge in [0.2, 0.25) is 0 Å². The Labute approximate surface area is 75.5 Å². The molecule has 0 fully saturated rings. The fourth-order valence-electron chi connectivity index (χ4n) is 1.29. The van der Waals surface area contributed by atoms with Gasteiger partial charge in [0, 0.05) is 6.54 Å². The Hall–Kier alpha value is -0.110. The van der Waals surface area contributed by atoms with Crippen LogP contribution in [0, 0.1) is 0 Å². The van der Waals surface area contributed by atoms with Gasteiger partial charge in [0.25, 0.3) is 0 Å². The van der Waals surface area contributed by atoms with Crippen LogP contribution < -0.4 is 5.73 Å². The summed E-state index contributed by atoms with van der Waals surface area (Å²) in [5.74, 6) is 0. The normalized spacial score (nSPS) is 16.0. The van der Waals surface area contributed by atoms with E-state index >= 15 is 0 Å². The van der Waals surface area contributed by atoms with E-state index in [2.05, 4.69) is 6.92 Å². The van der Waals surface area contributed by atoms with Gasteiger partial charge in [-0.2, -0.15) is 0 Å². The molecule has 0 aromatic heterocycles. The van der Waals surface area contributed by atoms with Crippen molar-refractivity contribution in [2.24, 2.45) is 5.73 Å². The van der Waals surface area contributed by atoms with Crippen LogP contribution in [0.3, 0.4) is 0 Å². The van der Waals surface area contributed by atoms with E-state index in [0.29, 0.717) is 12.8 Å². The minimum Gasteiger partial charge on any atom is -0.328 e. The zero-order chi connectivity index (χ0) is 9.45. The molecule has 0 aliphatic rings. The van der Waals surface area contributed by atoms with E-state index < -0.39 is 5.67 Å². The molecular formula is C10H22FN. The van der Waals surface area contributed by atoms with Gasteiger partial charge >= 0.3 is 0 Å². The standard InChI is InChI=1S/C10H22FN/c1-3-5-6-7-8-10(11,4-2)9-12/h3-9,12H2,1-2H3. The van der Waals surface area contributed by atoms with Gasteiger partial charge in [-0.25, -0.2) is 4.39 Å². The van der Waals surface area contributed by atoms with Crippen LogP contribution in [0.1, 0.15) is 52.4 Å². The zero-order valence-electron chi connectivity index (χ0n) is 8.41. The predicted molar refractivity (Wildman–Crippen MR) is 51.9 cm³/mol. The number of nitrogens with two attached hydrogens (primary N) is 1. The molecule has 1 atom stereocenters. The maximum Gasteiger partial charge on any atom is 0.122 e. The van der Waals surface area contributed by atoms with Crippen LogP contribution in [0.5, 0.6) is 0 Å². The first-order valence-corrected chi connectivity index (χ1v) is 5.07. The van der Waals surface area contributed by atoms with Crippen molar-refractivity contribution >= 4 is 0 Å². The van der Waals surface area contributed by atoms with Gasteiger partial charge in [-0.05, 0) is 12.8 Å². The first-order valence-electron chi connectivity index (χ1n) is 5.07. The summed E-state index contributed by atoms with van der Waals surface area (Å²) < 4.78 is 13.6. The van der Waals surface area contributed by atoms with Gasteiger partial charge in [0.15, 0.2) is 0 Å². The maximum atomic E-state index is 13.6. The van der Waals surface area contributed by atoms with Crippen molar-refractivity contribution in [3.63, 3.8) is 0 Å². The lowest BCUT2D eigenvalue weighted by atomic mass is 9.95. The number of alkyl halides is 1. The SMILES string of the molecule is CCCCCCC(F)(CC)CN. The van der Waals surface area contributed by atoms with Crippen LogP contribution in [-0.2, 0) is 0 Å². The molecule has 0 aromatic carbocycles. The van der Waals surface area contributed by atoms with Gasteiger partial charge < -0.3 is 5.73 Å². The molecule has 0 radical (unpaired) electrons. The molecule has 0 rings (SSSR count). The van der Waals surface area contributed by atoms with Crippen molar-refractivity contribution in [1.82, 2.24) is 0 Å². The average molecular weight is 175 g/mol. The van der Waals surface area contributed by atoms with E-state index in [-0.39, 0.29) is 6.54 Å². The molecule has 1 unspecified atom stereocenters. The van der Waals surface area contributed by atoms with E-state index in [0.717, 1.165) is 12.8 Å². The van der Waals surface area contributed by atoms with Crippen LogP contribution in [0.4, 0.5) is 4.39 Å². The molecule has 0 heterocycles. The summed E-state index contributed by atoms with van der Waals surface area (Å²) in [7, 11) is 0. The van der Waals surface area contributed by atoms with E-state index in [4.69, 9.17) is 5.73 Å². The van der Waals surface area contributed by atoms with Crippen molar-refractivity contribution in [3.8, 4) is 0 Å². The van der Waals surface area contributed by atoms with Crippen LogP contribution in [0.15, 0.2) is 0 Å². The van der Waals surface area contributed by atoms with Gasteiger partial charge in [-0.15, -0.1) is 0 Å². The van der Waals surface area contributed by atoms with E-state index in [1.54, 1.807) is 0 Å². The molecule has 1 nitrogen and oxygen atoms in total. The summed E-state index contributed by atoms with van der Waals surface area (Å²) in [6.07, 6.45) is 5.73. The Morgan fingerprint density at radius 3 is 2.25 bits per heavy atom. The van der Waals surface area contributed by atoms with Gasteiger partial charge in [-0.1, -0.05) is 39.5 Å². The van der Waals surface area contributed by atoms with Gasteiger partial charge in [0.05, 0.1) is 0 Å². The molecule has 0 saturated carbocycles. The summed E-state index contributed by atoms with van der Waals surface area (Å²) >= 11 is 0. The minimum absolute atomic E-state index is 0.176. The molecule has 0 bridgehead atoms. The monoisotopic (exact) mass is 175 g/mol. The molecule has 12 heavy (non-hydrogen) atoms. The Bertz CT molecular complexity index is 100. The third-order valence-corrected chi connectivity index (χ3v) is 2.48. The van der Waals surface area contributed by atoms with Crippen LogP contribution in [-0.4, -0.2) is 12.2 Å². The number of rotatable bonds is 7. The molecule has 0 saturated heterocycles. The lowest BCUT2D eigenvalue weighted by molar-refractivity contribution is 0.149. The first kappa shape index (κ1) is 11.9. The fraction of sp³-hybridized carbons (Fsp3) is 1.00. The number of unbranched alkanes of at least 4 members (excludes halogenated alkanes) is 3. The lowest BCUT2D eigenvalue weighted by Crippen LogP contribution is -2.32. The Kier molecular flexibility index (Phi) is 6.35. The van der Waals surface area contributed by atoms with Gasteiger partial charge in [0.1, 0.15) is 5.67 Å². The first-order chi connectivity index (χ1) is 5.68. The fourth-order valence-corrected chi connectivity index (χ4v) is 1.29. The molecular weight excluding hydrogens is 153 g/mol. The molecule has 0 amide bonds. The highest BCUT2D eigenvalue weighted by atomic mass is 19.1. The maximum absolute atomic E-state index is 13.6. The Morgan fingerprint density at radius 2 is 1.83 bits per heavy atom. The van der Waals surface area contributed by atoms with E-state index in [1.807, 2.05) is 6.92 Å². The average Bonchev–Trinajstić information content (AvgIpc) is 2.12.